The second-order valence-corrected chi connectivity index (χ2v) is 7.99. The van der Waals surface area contributed by atoms with Crippen LogP contribution in [0.2, 0.25) is 0 Å². The summed E-state index contributed by atoms with van der Waals surface area (Å²) in [6.07, 6.45) is 4.83. The van der Waals surface area contributed by atoms with E-state index in [4.69, 9.17) is 5.73 Å². The summed E-state index contributed by atoms with van der Waals surface area (Å²) in [5.74, 6) is -3.49. The minimum Gasteiger partial charge on any atom is -0.327 e. The molecule has 2 aliphatic rings. The molecule has 148 valence electrons. The Bertz CT molecular complexity index is 864. The molecule has 0 heterocycles. The fraction of sp³-hybridized carbons (Fsp3) is 0.409. The van der Waals surface area contributed by atoms with Crippen molar-refractivity contribution in [3.63, 3.8) is 0 Å². The van der Waals surface area contributed by atoms with Crippen molar-refractivity contribution in [1.29, 1.82) is 0 Å². The lowest BCUT2D eigenvalue weighted by Crippen LogP contribution is -2.48. The van der Waals surface area contributed by atoms with Crippen LogP contribution in [-0.4, -0.2) is 11.9 Å². The highest BCUT2D eigenvalue weighted by Crippen LogP contribution is 2.42. The summed E-state index contributed by atoms with van der Waals surface area (Å²) >= 11 is 0. The van der Waals surface area contributed by atoms with E-state index in [0.717, 1.165) is 37.8 Å². The molecule has 0 aromatic heterocycles. The number of benzene rings is 2. The van der Waals surface area contributed by atoms with Crippen molar-refractivity contribution in [2.45, 2.75) is 38.1 Å². The van der Waals surface area contributed by atoms with Gasteiger partial charge in [0.1, 0.15) is 0 Å². The van der Waals surface area contributed by atoms with Crippen LogP contribution >= 0.6 is 0 Å². The summed E-state index contributed by atoms with van der Waals surface area (Å²) in [6, 6.07) is 8.82. The monoisotopic (exact) mass is 388 g/mol. The minimum absolute atomic E-state index is 0.0979. The van der Waals surface area contributed by atoms with Gasteiger partial charge in [0.05, 0.1) is 0 Å². The summed E-state index contributed by atoms with van der Waals surface area (Å²) in [7, 11) is 0. The van der Waals surface area contributed by atoms with Crippen LogP contribution in [0.15, 0.2) is 36.4 Å². The van der Waals surface area contributed by atoms with E-state index < -0.39 is 17.5 Å². The van der Waals surface area contributed by atoms with Crippen LogP contribution in [0.5, 0.6) is 0 Å². The van der Waals surface area contributed by atoms with Crippen LogP contribution in [0.1, 0.15) is 32.1 Å². The average molecular weight is 388 g/mol. The summed E-state index contributed by atoms with van der Waals surface area (Å²) < 4.78 is 40.6. The van der Waals surface area contributed by atoms with Gasteiger partial charge in [-0.25, -0.2) is 13.2 Å². The van der Waals surface area contributed by atoms with Crippen molar-refractivity contribution in [3.8, 4) is 11.1 Å². The molecular weight excluding hydrogens is 365 g/mol. The lowest BCUT2D eigenvalue weighted by Gasteiger charge is -2.43. The molecule has 2 saturated carbocycles. The number of nitrogens with one attached hydrogen (secondary N) is 1. The zero-order chi connectivity index (χ0) is 19.8. The SMILES string of the molecule is NC1C2CCCC1CC(C(=O)Nc1ccccc1-c1cc(F)c(F)c(F)c1)C2. The maximum absolute atomic E-state index is 13.7. The predicted molar refractivity (Wildman–Crippen MR) is 102 cm³/mol. The Morgan fingerprint density at radius 1 is 1.00 bits per heavy atom. The Kier molecular flexibility index (Phi) is 5.15. The average Bonchev–Trinajstić information content (AvgIpc) is 2.66. The van der Waals surface area contributed by atoms with Crippen LogP contribution in [0.4, 0.5) is 18.9 Å². The van der Waals surface area contributed by atoms with E-state index in [1.807, 2.05) is 0 Å². The first kappa shape index (κ1) is 19.0. The van der Waals surface area contributed by atoms with E-state index in [9.17, 15) is 18.0 Å². The molecule has 2 unspecified atom stereocenters. The third kappa shape index (κ3) is 3.53. The van der Waals surface area contributed by atoms with E-state index >= 15 is 0 Å². The van der Waals surface area contributed by atoms with Gasteiger partial charge in [-0.2, -0.15) is 0 Å². The van der Waals surface area contributed by atoms with Gasteiger partial charge in [0.15, 0.2) is 17.5 Å². The van der Waals surface area contributed by atoms with Crippen molar-refractivity contribution < 1.29 is 18.0 Å². The van der Waals surface area contributed by atoms with Gasteiger partial charge >= 0.3 is 0 Å². The van der Waals surface area contributed by atoms with Crippen LogP contribution in [0.25, 0.3) is 11.1 Å². The topological polar surface area (TPSA) is 55.1 Å². The number of para-hydroxylation sites is 1. The van der Waals surface area contributed by atoms with Gasteiger partial charge < -0.3 is 11.1 Å². The minimum atomic E-state index is -1.50. The number of halogens is 3. The smallest absolute Gasteiger partial charge is 0.227 e. The van der Waals surface area contributed by atoms with Gasteiger partial charge in [-0.15, -0.1) is 0 Å². The number of anilines is 1. The highest BCUT2D eigenvalue weighted by Gasteiger charge is 2.40. The van der Waals surface area contributed by atoms with Crippen LogP contribution in [0, 0.1) is 35.2 Å². The van der Waals surface area contributed by atoms with Crippen molar-refractivity contribution in [1.82, 2.24) is 0 Å². The van der Waals surface area contributed by atoms with E-state index in [1.165, 1.54) is 6.42 Å². The molecule has 3 N–H and O–H groups in total. The predicted octanol–water partition coefficient (Wildman–Crippen LogP) is 4.86. The molecule has 0 radical (unpaired) electrons. The molecule has 2 aromatic carbocycles. The van der Waals surface area contributed by atoms with Crippen LogP contribution in [-0.2, 0) is 4.79 Å². The van der Waals surface area contributed by atoms with Crippen molar-refractivity contribution in [3.05, 3.63) is 53.8 Å². The number of fused-ring (bicyclic) bond motifs is 2. The van der Waals surface area contributed by atoms with Gasteiger partial charge in [-0.05, 0) is 61.3 Å². The van der Waals surface area contributed by atoms with Crippen LogP contribution in [0.3, 0.4) is 0 Å². The summed E-state index contributed by atoms with van der Waals surface area (Å²) in [6.45, 7) is 0. The Balaban J connectivity index is 1.57. The molecular formula is C22H23F3N2O. The lowest BCUT2D eigenvalue weighted by molar-refractivity contribution is -0.122. The summed E-state index contributed by atoms with van der Waals surface area (Å²) in [5.41, 5.74) is 7.38. The number of hydrogen-bond acceptors (Lipinski definition) is 2. The number of rotatable bonds is 3. The summed E-state index contributed by atoms with van der Waals surface area (Å²) in [4.78, 5) is 12.9. The molecule has 0 aliphatic heterocycles. The zero-order valence-corrected chi connectivity index (χ0v) is 15.4. The van der Waals surface area contributed by atoms with E-state index in [2.05, 4.69) is 5.32 Å². The first-order valence-corrected chi connectivity index (χ1v) is 9.74. The maximum atomic E-state index is 13.7. The lowest BCUT2D eigenvalue weighted by atomic mass is 9.65. The molecule has 0 spiro atoms. The Labute approximate surface area is 162 Å². The zero-order valence-electron chi connectivity index (χ0n) is 15.4. The quantitative estimate of drug-likeness (QED) is 0.738. The molecule has 2 bridgehead atoms. The summed E-state index contributed by atoms with van der Waals surface area (Å²) in [5, 5.41) is 2.92. The first-order chi connectivity index (χ1) is 13.4. The third-order valence-corrected chi connectivity index (χ3v) is 6.26. The molecule has 2 fully saturated rings. The van der Waals surface area contributed by atoms with E-state index in [-0.39, 0.29) is 23.4 Å². The standard InChI is InChI=1S/C22H23F3N2O/c23-17-10-14(11-18(24)20(17)25)16-6-1-2-7-19(16)27-22(28)15-8-12-4-3-5-13(9-15)21(12)26/h1-2,6-7,10-13,15,21H,3-5,8-9,26H2,(H,27,28). The molecule has 1 amide bonds. The second-order valence-electron chi connectivity index (χ2n) is 7.99. The number of amides is 1. The van der Waals surface area contributed by atoms with Crippen LogP contribution < -0.4 is 11.1 Å². The van der Waals surface area contributed by atoms with Gasteiger partial charge in [0.25, 0.3) is 0 Å². The van der Waals surface area contributed by atoms with E-state index in [0.29, 0.717) is 23.1 Å². The number of nitrogens with two attached hydrogens (primary N) is 1. The number of carbonyl (C=O) groups is 1. The van der Waals surface area contributed by atoms with Crippen molar-refractivity contribution in [2.24, 2.45) is 23.5 Å². The van der Waals surface area contributed by atoms with Gasteiger partial charge in [0, 0.05) is 23.2 Å². The van der Waals surface area contributed by atoms with Crippen molar-refractivity contribution >= 4 is 11.6 Å². The van der Waals surface area contributed by atoms with Crippen molar-refractivity contribution in [2.75, 3.05) is 5.32 Å². The highest BCUT2D eigenvalue weighted by atomic mass is 19.2. The maximum Gasteiger partial charge on any atom is 0.227 e. The molecule has 4 rings (SSSR count). The fourth-order valence-corrected chi connectivity index (χ4v) is 4.79. The molecule has 0 saturated heterocycles. The second kappa shape index (κ2) is 7.59. The molecule has 2 aliphatic carbocycles. The highest BCUT2D eigenvalue weighted by molar-refractivity contribution is 5.96. The molecule has 28 heavy (non-hydrogen) atoms. The molecule has 2 atom stereocenters. The third-order valence-electron chi connectivity index (χ3n) is 6.26. The van der Waals surface area contributed by atoms with E-state index in [1.54, 1.807) is 24.3 Å². The number of carbonyl (C=O) groups excluding carboxylic acids is 1. The molecule has 6 heteroatoms. The van der Waals surface area contributed by atoms with Gasteiger partial charge in [-0.1, -0.05) is 24.6 Å². The number of hydrogen-bond donors (Lipinski definition) is 2. The fourth-order valence-electron chi connectivity index (χ4n) is 4.79. The Morgan fingerprint density at radius 2 is 1.61 bits per heavy atom. The molecule has 3 nitrogen and oxygen atoms in total. The Morgan fingerprint density at radius 3 is 2.25 bits per heavy atom. The van der Waals surface area contributed by atoms with Gasteiger partial charge in [0.2, 0.25) is 5.91 Å². The largest absolute Gasteiger partial charge is 0.327 e. The van der Waals surface area contributed by atoms with Gasteiger partial charge in [-0.3, -0.25) is 4.79 Å². The Hall–Kier alpha value is -2.34. The first-order valence-electron chi connectivity index (χ1n) is 9.74. The normalized spacial score (nSPS) is 26.7. The molecule has 2 aromatic rings.